The maximum atomic E-state index is 12.5. The van der Waals surface area contributed by atoms with Crippen LogP contribution in [0.15, 0.2) is 46.9 Å². The van der Waals surface area contributed by atoms with Crippen LogP contribution in [0.5, 0.6) is 0 Å². The van der Waals surface area contributed by atoms with E-state index in [4.69, 9.17) is 0 Å². The molecule has 0 fully saturated rings. The molecule has 1 aliphatic rings. The van der Waals surface area contributed by atoms with Crippen LogP contribution in [0, 0.1) is 0 Å². The van der Waals surface area contributed by atoms with Crippen molar-refractivity contribution in [2.45, 2.75) is 23.8 Å². The largest absolute Gasteiger partial charge is 0.351 e. The van der Waals surface area contributed by atoms with Crippen molar-refractivity contribution < 1.29 is 13.2 Å². The van der Waals surface area contributed by atoms with Gasteiger partial charge in [0.05, 0.1) is 4.90 Å². The van der Waals surface area contributed by atoms with Gasteiger partial charge in [-0.25, -0.2) is 8.42 Å². The van der Waals surface area contributed by atoms with Crippen molar-refractivity contribution in [2.75, 3.05) is 31.6 Å². The van der Waals surface area contributed by atoms with Crippen LogP contribution in [0.4, 0.5) is 0 Å². The van der Waals surface area contributed by atoms with E-state index in [0.717, 1.165) is 19.5 Å². The van der Waals surface area contributed by atoms with Gasteiger partial charge in [0.2, 0.25) is 15.9 Å². The van der Waals surface area contributed by atoms with E-state index in [1.165, 1.54) is 17.7 Å². The molecule has 0 aliphatic carbocycles. The first-order chi connectivity index (χ1) is 12.0. The van der Waals surface area contributed by atoms with E-state index in [0.29, 0.717) is 18.7 Å². The summed E-state index contributed by atoms with van der Waals surface area (Å²) >= 11 is 1.58. The van der Waals surface area contributed by atoms with Crippen molar-refractivity contribution in [2.24, 2.45) is 0 Å². The van der Waals surface area contributed by atoms with Crippen LogP contribution in [0.25, 0.3) is 0 Å². The summed E-state index contributed by atoms with van der Waals surface area (Å²) in [6.07, 6.45) is 5.33. The number of hydrogen-bond donors (Lipinski definition) is 3. The standard InChI is InChI=1S/C17H25N3O3S2/c1-24-12-9-16(17(21)19-13-14-7-10-18-11-8-14)20-25(22,23)15-5-3-2-4-6-15/h2-7,16,18,20H,8-13H2,1H3,(H,19,21). The fraction of sp³-hybridized carbons (Fsp3) is 0.471. The van der Waals surface area contributed by atoms with E-state index in [1.54, 1.807) is 30.0 Å². The van der Waals surface area contributed by atoms with Crippen LogP contribution in [0.3, 0.4) is 0 Å². The third kappa shape index (κ3) is 6.47. The molecule has 0 spiro atoms. The third-order valence-electron chi connectivity index (χ3n) is 3.93. The number of thioether (sulfide) groups is 1. The smallest absolute Gasteiger partial charge is 0.241 e. The van der Waals surface area contributed by atoms with Crippen LogP contribution >= 0.6 is 11.8 Å². The first-order valence-electron chi connectivity index (χ1n) is 8.25. The number of hydrogen-bond acceptors (Lipinski definition) is 5. The monoisotopic (exact) mass is 383 g/mol. The average Bonchev–Trinajstić information content (AvgIpc) is 2.64. The third-order valence-corrected chi connectivity index (χ3v) is 6.06. The van der Waals surface area contributed by atoms with Gasteiger partial charge in [-0.15, -0.1) is 0 Å². The van der Waals surface area contributed by atoms with E-state index >= 15 is 0 Å². The Morgan fingerprint density at radius 3 is 2.72 bits per heavy atom. The Bertz CT molecular complexity index is 690. The van der Waals surface area contributed by atoms with Crippen LogP contribution in [-0.2, 0) is 14.8 Å². The molecule has 138 valence electrons. The molecule has 2 rings (SSSR count). The number of benzene rings is 1. The Hall–Kier alpha value is -1.35. The predicted molar refractivity (Wildman–Crippen MR) is 102 cm³/mol. The molecule has 1 aromatic rings. The van der Waals surface area contributed by atoms with E-state index in [2.05, 4.69) is 21.4 Å². The van der Waals surface area contributed by atoms with Crippen LogP contribution in [-0.4, -0.2) is 52.0 Å². The highest BCUT2D eigenvalue weighted by molar-refractivity contribution is 7.98. The van der Waals surface area contributed by atoms with Gasteiger partial charge < -0.3 is 10.6 Å². The van der Waals surface area contributed by atoms with Crippen LogP contribution in [0.2, 0.25) is 0 Å². The molecule has 0 saturated heterocycles. The minimum absolute atomic E-state index is 0.165. The zero-order valence-corrected chi connectivity index (χ0v) is 16.0. The van der Waals surface area contributed by atoms with Gasteiger partial charge in [-0.3, -0.25) is 4.79 Å². The number of rotatable bonds is 9. The second-order valence-electron chi connectivity index (χ2n) is 5.80. The Morgan fingerprint density at radius 1 is 1.32 bits per heavy atom. The lowest BCUT2D eigenvalue weighted by molar-refractivity contribution is -0.122. The van der Waals surface area contributed by atoms with Crippen LogP contribution in [0.1, 0.15) is 12.8 Å². The SMILES string of the molecule is CSCCC(NS(=O)(=O)c1ccccc1)C(=O)NCC1=CCNCC1. The van der Waals surface area contributed by atoms with Gasteiger partial charge in [0, 0.05) is 13.1 Å². The summed E-state index contributed by atoms with van der Waals surface area (Å²) in [5.41, 5.74) is 1.17. The second-order valence-corrected chi connectivity index (χ2v) is 8.50. The van der Waals surface area contributed by atoms with Crippen molar-refractivity contribution in [3.05, 3.63) is 42.0 Å². The molecule has 0 saturated carbocycles. The zero-order valence-electron chi connectivity index (χ0n) is 14.3. The number of carbonyl (C=O) groups is 1. The molecular weight excluding hydrogens is 358 g/mol. The van der Waals surface area contributed by atoms with Gasteiger partial charge in [-0.05, 0) is 43.5 Å². The van der Waals surface area contributed by atoms with Gasteiger partial charge in [0.15, 0.2) is 0 Å². The van der Waals surface area contributed by atoms with Gasteiger partial charge in [0.25, 0.3) is 0 Å². The van der Waals surface area contributed by atoms with Gasteiger partial charge >= 0.3 is 0 Å². The topological polar surface area (TPSA) is 87.3 Å². The van der Waals surface area contributed by atoms with Gasteiger partial charge in [-0.2, -0.15) is 16.5 Å². The number of amides is 1. The molecule has 1 aromatic carbocycles. The molecular formula is C17H25N3O3S2. The van der Waals surface area contributed by atoms with E-state index < -0.39 is 16.1 Å². The summed E-state index contributed by atoms with van der Waals surface area (Å²) in [6.45, 7) is 2.17. The number of carbonyl (C=O) groups excluding carboxylic acids is 1. The number of sulfonamides is 1. The summed E-state index contributed by atoms with van der Waals surface area (Å²) in [5.74, 6) is 0.412. The summed E-state index contributed by atoms with van der Waals surface area (Å²) in [4.78, 5) is 12.7. The first-order valence-corrected chi connectivity index (χ1v) is 11.1. The van der Waals surface area contributed by atoms with Crippen molar-refractivity contribution in [3.8, 4) is 0 Å². The molecule has 3 N–H and O–H groups in total. The van der Waals surface area contributed by atoms with E-state index in [1.807, 2.05) is 6.26 Å². The summed E-state index contributed by atoms with van der Waals surface area (Å²) in [5, 5.41) is 6.08. The maximum absolute atomic E-state index is 12.5. The predicted octanol–water partition coefficient (Wildman–Crippen LogP) is 1.12. The fourth-order valence-corrected chi connectivity index (χ4v) is 4.21. The highest BCUT2D eigenvalue weighted by Crippen LogP contribution is 2.11. The molecule has 1 heterocycles. The lowest BCUT2D eigenvalue weighted by Crippen LogP contribution is -2.47. The van der Waals surface area contributed by atoms with Gasteiger partial charge in [-0.1, -0.05) is 29.8 Å². The van der Waals surface area contributed by atoms with Crippen molar-refractivity contribution in [1.82, 2.24) is 15.4 Å². The summed E-state index contributed by atoms with van der Waals surface area (Å²) < 4.78 is 27.5. The van der Waals surface area contributed by atoms with E-state index in [9.17, 15) is 13.2 Å². The highest BCUT2D eigenvalue weighted by atomic mass is 32.2. The normalized spacial score (nSPS) is 16.1. The lowest BCUT2D eigenvalue weighted by Gasteiger charge is -2.20. The Labute approximate surface area is 153 Å². The molecule has 1 aliphatic heterocycles. The van der Waals surface area contributed by atoms with Crippen molar-refractivity contribution in [3.63, 3.8) is 0 Å². The quantitative estimate of drug-likeness (QED) is 0.556. The lowest BCUT2D eigenvalue weighted by atomic mass is 10.1. The fourth-order valence-electron chi connectivity index (χ4n) is 2.49. The summed E-state index contributed by atoms with van der Waals surface area (Å²) in [7, 11) is -3.72. The first kappa shape index (κ1) is 20.0. The average molecular weight is 384 g/mol. The zero-order chi connectivity index (χ0) is 18.1. The number of nitrogens with one attached hydrogen (secondary N) is 3. The Morgan fingerprint density at radius 2 is 2.08 bits per heavy atom. The molecule has 1 unspecified atom stereocenters. The molecule has 1 amide bonds. The van der Waals surface area contributed by atoms with Crippen LogP contribution < -0.4 is 15.4 Å². The highest BCUT2D eigenvalue weighted by Gasteiger charge is 2.25. The van der Waals surface area contributed by atoms with E-state index in [-0.39, 0.29) is 10.8 Å². The Balaban J connectivity index is 2.01. The molecule has 6 nitrogen and oxygen atoms in total. The van der Waals surface area contributed by atoms with Crippen molar-refractivity contribution in [1.29, 1.82) is 0 Å². The molecule has 0 bridgehead atoms. The maximum Gasteiger partial charge on any atom is 0.241 e. The molecule has 0 radical (unpaired) electrons. The van der Waals surface area contributed by atoms with Crippen molar-refractivity contribution >= 4 is 27.7 Å². The summed E-state index contributed by atoms with van der Waals surface area (Å²) in [6, 6.07) is 7.34. The minimum atomic E-state index is -3.72. The molecule has 1 atom stereocenters. The van der Waals surface area contributed by atoms with Gasteiger partial charge in [0.1, 0.15) is 6.04 Å². The molecule has 8 heteroatoms. The molecule has 25 heavy (non-hydrogen) atoms. The molecule has 0 aromatic heterocycles. The second kappa shape index (κ2) is 9.96. The minimum Gasteiger partial charge on any atom is -0.351 e. The Kier molecular flexibility index (Phi) is 7.95.